The Bertz CT molecular complexity index is 889. The van der Waals surface area contributed by atoms with Gasteiger partial charge < -0.3 is 15.5 Å². The molecule has 2 aromatic rings. The molecule has 2 amide bonds. The largest absolute Gasteiger partial charge is 0.336 e. The monoisotopic (exact) mass is 378 g/mol. The van der Waals surface area contributed by atoms with Gasteiger partial charge in [-0.1, -0.05) is 12.1 Å². The average molecular weight is 378 g/mol. The molecule has 2 heterocycles. The van der Waals surface area contributed by atoms with E-state index in [2.05, 4.69) is 52.7 Å². The highest BCUT2D eigenvalue weighted by molar-refractivity contribution is 5.76. The SMILES string of the molecule is Cc1ccc(-c2cc(CCCNCCN3CCNC3=O)nc(C#N)n2)cc1C. The number of hydrogen-bond acceptors (Lipinski definition) is 5. The Morgan fingerprint density at radius 2 is 2.07 bits per heavy atom. The number of carbonyl (C=O) groups is 1. The number of amides is 2. The summed E-state index contributed by atoms with van der Waals surface area (Å²) in [5, 5.41) is 15.4. The van der Waals surface area contributed by atoms with E-state index >= 15 is 0 Å². The van der Waals surface area contributed by atoms with Gasteiger partial charge in [-0.3, -0.25) is 0 Å². The first-order valence-corrected chi connectivity index (χ1v) is 9.66. The third-order valence-corrected chi connectivity index (χ3v) is 4.97. The fourth-order valence-electron chi connectivity index (χ4n) is 3.18. The molecule has 0 radical (unpaired) electrons. The molecule has 0 saturated carbocycles. The van der Waals surface area contributed by atoms with Crippen LogP contribution in [0.25, 0.3) is 11.3 Å². The summed E-state index contributed by atoms with van der Waals surface area (Å²) in [5.41, 5.74) is 5.10. The van der Waals surface area contributed by atoms with Crippen molar-refractivity contribution >= 4 is 6.03 Å². The molecule has 0 atom stereocenters. The molecule has 0 unspecified atom stereocenters. The molecular formula is C21H26N6O. The zero-order valence-electron chi connectivity index (χ0n) is 16.5. The lowest BCUT2D eigenvalue weighted by Gasteiger charge is -2.14. The smallest absolute Gasteiger partial charge is 0.317 e. The van der Waals surface area contributed by atoms with Crippen LogP contribution in [0.4, 0.5) is 4.79 Å². The molecule has 3 rings (SSSR count). The van der Waals surface area contributed by atoms with Crippen LogP contribution in [0.1, 0.15) is 29.1 Å². The number of aryl methyl sites for hydroxylation is 3. The third kappa shape index (κ3) is 5.05. The molecule has 1 fully saturated rings. The normalized spacial score (nSPS) is 13.5. The van der Waals surface area contributed by atoms with E-state index in [-0.39, 0.29) is 11.9 Å². The molecular weight excluding hydrogens is 352 g/mol. The fourth-order valence-corrected chi connectivity index (χ4v) is 3.18. The van der Waals surface area contributed by atoms with Crippen molar-refractivity contribution in [1.29, 1.82) is 5.26 Å². The molecule has 2 N–H and O–H groups in total. The zero-order chi connectivity index (χ0) is 19.9. The van der Waals surface area contributed by atoms with Crippen molar-refractivity contribution in [1.82, 2.24) is 25.5 Å². The van der Waals surface area contributed by atoms with Gasteiger partial charge >= 0.3 is 6.03 Å². The molecule has 7 nitrogen and oxygen atoms in total. The van der Waals surface area contributed by atoms with Crippen molar-refractivity contribution in [3.8, 4) is 17.3 Å². The van der Waals surface area contributed by atoms with Crippen LogP contribution < -0.4 is 10.6 Å². The second-order valence-electron chi connectivity index (χ2n) is 7.05. The fraction of sp³-hybridized carbons (Fsp3) is 0.429. The first-order valence-electron chi connectivity index (χ1n) is 9.66. The van der Waals surface area contributed by atoms with E-state index in [9.17, 15) is 10.1 Å². The van der Waals surface area contributed by atoms with Gasteiger partial charge in [0.2, 0.25) is 5.82 Å². The van der Waals surface area contributed by atoms with E-state index in [0.717, 1.165) is 62.5 Å². The number of aromatic nitrogens is 2. The van der Waals surface area contributed by atoms with Gasteiger partial charge in [0.25, 0.3) is 0 Å². The molecule has 28 heavy (non-hydrogen) atoms. The molecule has 1 saturated heterocycles. The van der Waals surface area contributed by atoms with Crippen molar-refractivity contribution in [2.24, 2.45) is 0 Å². The van der Waals surface area contributed by atoms with E-state index in [0.29, 0.717) is 0 Å². The second-order valence-corrected chi connectivity index (χ2v) is 7.05. The van der Waals surface area contributed by atoms with E-state index in [4.69, 9.17) is 0 Å². The summed E-state index contributed by atoms with van der Waals surface area (Å²) in [6.45, 7) is 7.98. The Morgan fingerprint density at radius 1 is 1.21 bits per heavy atom. The van der Waals surface area contributed by atoms with Gasteiger partial charge in [0.15, 0.2) is 0 Å². The molecule has 0 bridgehead atoms. The number of nitriles is 1. The molecule has 7 heteroatoms. The number of nitrogens with zero attached hydrogens (tertiary/aromatic N) is 4. The van der Waals surface area contributed by atoms with Crippen LogP contribution in [0.5, 0.6) is 0 Å². The number of benzene rings is 1. The Kier molecular flexibility index (Phi) is 6.56. The highest BCUT2D eigenvalue weighted by Crippen LogP contribution is 2.21. The lowest BCUT2D eigenvalue weighted by atomic mass is 10.0. The lowest BCUT2D eigenvalue weighted by Crippen LogP contribution is -2.35. The summed E-state index contributed by atoms with van der Waals surface area (Å²) in [6.07, 6.45) is 1.67. The van der Waals surface area contributed by atoms with Crippen LogP contribution >= 0.6 is 0 Å². The lowest BCUT2D eigenvalue weighted by molar-refractivity contribution is 0.217. The Labute approximate surface area is 165 Å². The minimum atomic E-state index is 0.0192. The second kappa shape index (κ2) is 9.29. The first-order chi connectivity index (χ1) is 13.6. The maximum atomic E-state index is 11.5. The molecule has 1 aromatic heterocycles. The number of carbonyl (C=O) groups excluding carboxylic acids is 1. The van der Waals surface area contributed by atoms with Gasteiger partial charge in [-0.15, -0.1) is 0 Å². The number of rotatable bonds is 8. The van der Waals surface area contributed by atoms with Gasteiger partial charge in [-0.2, -0.15) is 5.26 Å². The minimum absolute atomic E-state index is 0.0192. The Morgan fingerprint density at radius 3 is 2.79 bits per heavy atom. The van der Waals surface area contributed by atoms with Crippen molar-refractivity contribution in [3.05, 3.63) is 46.9 Å². The topological polar surface area (TPSA) is 93.9 Å². The van der Waals surface area contributed by atoms with Crippen LogP contribution in [-0.4, -0.2) is 53.6 Å². The average Bonchev–Trinajstić information content (AvgIpc) is 3.11. The van der Waals surface area contributed by atoms with E-state index in [1.54, 1.807) is 0 Å². The van der Waals surface area contributed by atoms with Crippen molar-refractivity contribution in [2.75, 3.05) is 32.7 Å². The Hall–Kier alpha value is -2.98. The maximum absolute atomic E-state index is 11.5. The summed E-state index contributed by atoms with van der Waals surface area (Å²) in [6, 6.07) is 10.3. The zero-order valence-corrected chi connectivity index (χ0v) is 16.5. The molecule has 146 valence electrons. The van der Waals surface area contributed by atoms with Gasteiger partial charge in [-0.05, 0) is 56.5 Å². The summed E-state index contributed by atoms with van der Waals surface area (Å²) >= 11 is 0. The van der Waals surface area contributed by atoms with Crippen LogP contribution in [0.15, 0.2) is 24.3 Å². The predicted molar refractivity (Wildman–Crippen MR) is 108 cm³/mol. The third-order valence-electron chi connectivity index (χ3n) is 4.97. The molecule has 1 aliphatic heterocycles. The predicted octanol–water partition coefficient (Wildman–Crippen LogP) is 2.18. The molecule has 1 aromatic carbocycles. The van der Waals surface area contributed by atoms with Gasteiger partial charge in [0, 0.05) is 37.4 Å². The van der Waals surface area contributed by atoms with Gasteiger partial charge in [-0.25, -0.2) is 14.8 Å². The standard InChI is InChI=1S/C21H26N6O/c1-15-5-6-17(12-16(15)2)19-13-18(25-20(14-22)26-19)4-3-7-23-8-10-27-11-9-24-21(27)28/h5-6,12-13,23H,3-4,7-11H2,1-2H3,(H,24,28). The van der Waals surface area contributed by atoms with E-state index in [1.807, 2.05) is 17.0 Å². The molecule has 0 aliphatic carbocycles. The number of urea groups is 1. The van der Waals surface area contributed by atoms with E-state index < -0.39 is 0 Å². The van der Waals surface area contributed by atoms with Crippen molar-refractivity contribution in [2.45, 2.75) is 26.7 Å². The van der Waals surface area contributed by atoms with E-state index in [1.165, 1.54) is 11.1 Å². The highest BCUT2D eigenvalue weighted by Gasteiger charge is 2.18. The number of hydrogen-bond donors (Lipinski definition) is 2. The summed E-state index contributed by atoms with van der Waals surface area (Å²) in [5.74, 6) is 0.207. The molecule has 1 aliphatic rings. The van der Waals surface area contributed by atoms with Gasteiger partial charge in [0.05, 0.1) is 5.69 Å². The summed E-state index contributed by atoms with van der Waals surface area (Å²) < 4.78 is 0. The first kappa shape index (κ1) is 19.8. The minimum Gasteiger partial charge on any atom is -0.336 e. The maximum Gasteiger partial charge on any atom is 0.317 e. The van der Waals surface area contributed by atoms with Crippen LogP contribution in [0, 0.1) is 25.2 Å². The van der Waals surface area contributed by atoms with Crippen molar-refractivity contribution in [3.63, 3.8) is 0 Å². The van der Waals surface area contributed by atoms with Crippen LogP contribution in [0.2, 0.25) is 0 Å². The summed E-state index contributed by atoms with van der Waals surface area (Å²) in [4.78, 5) is 22.0. The van der Waals surface area contributed by atoms with Crippen LogP contribution in [-0.2, 0) is 6.42 Å². The quantitative estimate of drug-likeness (QED) is 0.687. The van der Waals surface area contributed by atoms with Gasteiger partial charge in [0.1, 0.15) is 6.07 Å². The molecule has 0 spiro atoms. The van der Waals surface area contributed by atoms with Crippen LogP contribution in [0.3, 0.4) is 0 Å². The number of nitrogens with one attached hydrogen (secondary N) is 2. The Balaban J connectivity index is 1.54. The highest BCUT2D eigenvalue weighted by atomic mass is 16.2. The summed E-state index contributed by atoms with van der Waals surface area (Å²) in [7, 11) is 0. The van der Waals surface area contributed by atoms with Crippen molar-refractivity contribution < 1.29 is 4.79 Å².